The van der Waals surface area contributed by atoms with Gasteiger partial charge in [0.2, 0.25) is 5.95 Å². The molecular weight excluding hydrogens is 530 g/mol. The van der Waals surface area contributed by atoms with Gasteiger partial charge in [0.25, 0.3) is 0 Å². The Morgan fingerprint density at radius 2 is 1.85 bits per heavy atom. The first-order valence-corrected chi connectivity index (χ1v) is 14.7. The predicted octanol–water partition coefficient (Wildman–Crippen LogP) is 3.70. The predicted molar refractivity (Wildman–Crippen MR) is 150 cm³/mol. The van der Waals surface area contributed by atoms with E-state index in [0.717, 1.165) is 10.9 Å². The van der Waals surface area contributed by atoms with Gasteiger partial charge in [-0.1, -0.05) is 5.92 Å². The van der Waals surface area contributed by atoms with Crippen LogP contribution < -0.4 is 5.32 Å². The third-order valence-electron chi connectivity index (χ3n) is 6.23. The lowest BCUT2D eigenvalue weighted by molar-refractivity contribution is 0.0522. The van der Waals surface area contributed by atoms with Crippen LogP contribution in [0.15, 0.2) is 48.9 Å². The van der Waals surface area contributed by atoms with Crippen molar-refractivity contribution < 1.29 is 17.9 Å². The SMILES string of the molecule is CC(C)(C)OC(=O)n1ncc2cc(C#Cc3ccnc(-c4ccnc(NCC5CCS(=O)(=O)CC5)n4)n3)ccc21. The van der Waals surface area contributed by atoms with Crippen LogP contribution in [0, 0.1) is 17.8 Å². The Hall–Kier alpha value is -4.37. The largest absolute Gasteiger partial charge is 0.442 e. The molecule has 1 aliphatic heterocycles. The van der Waals surface area contributed by atoms with E-state index in [1.54, 1.807) is 57.6 Å². The highest BCUT2D eigenvalue weighted by Crippen LogP contribution is 2.20. The zero-order valence-corrected chi connectivity index (χ0v) is 23.3. The molecule has 1 aliphatic rings. The van der Waals surface area contributed by atoms with Crippen LogP contribution in [0.3, 0.4) is 0 Å². The van der Waals surface area contributed by atoms with Gasteiger partial charge in [-0.2, -0.15) is 9.78 Å². The van der Waals surface area contributed by atoms with Gasteiger partial charge in [-0.25, -0.2) is 33.1 Å². The maximum Gasteiger partial charge on any atom is 0.435 e. The van der Waals surface area contributed by atoms with Crippen molar-refractivity contribution in [1.29, 1.82) is 0 Å². The molecule has 4 heterocycles. The maximum absolute atomic E-state index is 12.4. The molecule has 5 rings (SSSR count). The minimum atomic E-state index is -2.89. The maximum atomic E-state index is 12.4. The fourth-order valence-corrected chi connectivity index (χ4v) is 5.79. The number of hydrogen-bond donors (Lipinski definition) is 1. The normalized spacial score (nSPS) is 15.3. The third-order valence-corrected chi connectivity index (χ3v) is 7.95. The molecule has 1 aromatic carbocycles. The van der Waals surface area contributed by atoms with Gasteiger partial charge in [0, 0.05) is 29.9 Å². The molecule has 0 atom stereocenters. The number of anilines is 1. The second-order valence-electron chi connectivity index (χ2n) is 10.6. The lowest BCUT2D eigenvalue weighted by Crippen LogP contribution is -2.27. The Kier molecular flexibility index (Phi) is 7.49. The molecule has 0 radical (unpaired) electrons. The highest BCUT2D eigenvalue weighted by Gasteiger charge is 2.23. The number of ether oxygens (including phenoxy) is 1. The van der Waals surface area contributed by atoms with Crippen LogP contribution in [0.1, 0.15) is 44.9 Å². The number of rotatable bonds is 4. The molecule has 1 fully saturated rings. The van der Waals surface area contributed by atoms with E-state index in [9.17, 15) is 13.2 Å². The number of hydrogen-bond acceptors (Lipinski definition) is 10. The molecule has 40 heavy (non-hydrogen) atoms. The minimum Gasteiger partial charge on any atom is -0.442 e. The van der Waals surface area contributed by atoms with Gasteiger partial charge in [0.05, 0.1) is 23.2 Å². The van der Waals surface area contributed by atoms with Crippen LogP contribution in [0.5, 0.6) is 0 Å². The average molecular weight is 560 g/mol. The van der Waals surface area contributed by atoms with Crippen molar-refractivity contribution in [3.05, 3.63) is 60.2 Å². The number of carbonyl (C=O) groups excluding carboxylic acids is 1. The van der Waals surface area contributed by atoms with Gasteiger partial charge in [-0.3, -0.25) is 0 Å². The number of nitrogens with one attached hydrogen (secondary N) is 1. The van der Waals surface area contributed by atoms with Crippen LogP contribution in [0.25, 0.3) is 22.4 Å². The van der Waals surface area contributed by atoms with E-state index in [1.807, 2.05) is 12.1 Å². The quantitative estimate of drug-likeness (QED) is 0.368. The summed E-state index contributed by atoms with van der Waals surface area (Å²) >= 11 is 0. The zero-order valence-electron chi connectivity index (χ0n) is 22.5. The summed E-state index contributed by atoms with van der Waals surface area (Å²) in [5.41, 5.74) is 1.81. The molecule has 3 aromatic heterocycles. The van der Waals surface area contributed by atoms with E-state index in [2.05, 4.69) is 42.2 Å². The summed E-state index contributed by atoms with van der Waals surface area (Å²) in [5.74, 6) is 7.72. The smallest absolute Gasteiger partial charge is 0.435 e. The first kappa shape index (κ1) is 27.2. The number of benzene rings is 1. The molecule has 11 nitrogen and oxygen atoms in total. The Labute approximate surface area is 232 Å². The molecule has 0 amide bonds. The minimum absolute atomic E-state index is 0.228. The monoisotopic (exact) mass is 559 g/mol. The first-order valence-electron chi connectivity index (χ1n) is 12.9. The van der Waals surface area contributed by atoms with Gasteiger partial charge < -0.3 is 10.1 Å². The van der Waals surface area contributed by atoms with Crippen molar-refractivity contribution in [3.8, 4) is 23.4 Å². The van der Waals surface area contributed by atoms with E-state index in [-0.39, 0.29) is 17.4 Å². The van der Waals surface area contributed by atoms with Gasteiger partial charge in [0.15, 0.2) is 5.82 Å². The lowest BCUT2D eigenvalue weighted by Gasteiger charge is -2.22. The Morgan fingerprint density at radius 1 is 1.07 bits per heavy atom. The molecular formula is C28H29N7O4S. The number of aromatic nitrogens is 6. The van der Waals surface area contributed by atoms with Gasteiger partial charge in [-0.15, -0.1) is 0 Å². The van der Waals surface area contributed by atoms with Crippen molar-refractivity contribution in [1.82, 2.24) is 29.7 Å². The van der Waals surface area contributed by atoms with Gasteiger partial charge in [-0.05, 0) is 75.8 Å². The molecule has 0 aliphatic carbocycles. The number of fused-ring (bicyclic) bond motifs is 1. The highest BCUT2D eigenvalue weighted by atomic mass is 32.2. The molecule has 0 unspecified atom stereocenters. The van der Waals surface area contributed by atoms with Crippen molar-refractivity contribution in [2.45, 2.75) is 39.2 Å². The molecule has 206 valence electrons. The fraction of sp³-hybridized carbons (Fsp3) is 0.357. The number of nitrogens with zero attached hydrogens (tertiary/aromatic N) is 6. The van der Waals surface area contributed by atoms with Gasteiger partial charge >= 0.3 is 6.09 Å². The van der Waals surface area contributed by atoms with E-state index in [1.165, 1.54) is 4.68 Å². The Morgan fingerprint density at radius 3 is 2.62 bits per heavy atom. The van der Waals surface area contributed by atoms with Crippen LogP contribution in [0.4, 0.5) is 10.7 Å². The zero-order chi connectivity index (χ0) is 28.3. The van der Waals surface area contributed by atoms with Crippen molar-refractivity contribution in [2.24, 2.45) is 5.92 Å². The molecule has 0 saturated carbocycles. The molecule has 1 N–H and O–H groups in total. The molecule has 12 heteroatoms. The summed E-state index contributed by atoms with van der Waals surface area (Å²) in [6.07, 6.45) is 5.59. The van der Waals surface area contributed by atoms with Crippen molar-refractivity contribution >= 4 is 32.8 Å². The second-order valence-corrected chi connectivity index (χ2v) is 12.9. The van der Waals surface area contributed by atoms with E-state index < -0.39 is 21.5 Å². The summed E-state index contributed by atoms with van der Waals surface area (Å²) in [6.45, 7) is 6.02. The summed E-state index contributed by atoms with van der Waals surface area (Å²) in [7, 11) is -2.89. The summed E-state index contributed by atoms with van der Waals surface area (Å²) in [6, 6.07) is 8.88. The average Bonchev–Trinajstić information content (AvgIpc) is 3.34. The Balaban J connectivity index is 1.28. The van der Waals surface area contributed by atoms with Crippen LogP contribution >= 0.6 is 0 Å². The van der Waals surface area contributed by atoms with E-state index >= 15 is 0 Å². The van der Waals surface area contributed by atoms with Crippen LogP contribution in [-0.4, -0.2) is 67.9 Å². The Bertz CT molecular complexity index is 1720. The summed E-state index contributed by atoms with van der Waals surface area (Å²) < 4.78 is 30.0. The molecule has 0 spiro atoms. The summed E-state index contributed by atoms with van der Waals surface area (Å²) in [4.78, 5) is 30.1. The van der Waals surface area contributed by atoms with Crippen LogP contribution in [-0.2, 0) is 14.6 Å². The van der Waals surface area contributed by atoms with Crippen molar-refractivity contribution in [3.63, 3.8) is 0 Å². The summed E-state index contributed by atoms with van der Waals surface area (Å²) in [5, 5.41) is 8.14. The highest BCUT2D eigenvalue weighted by molar-refractivity contribution is 7.91. The van der Waals surface area contributed by atoms with E-state index in [4.69, 9.17) is 4.74 Å². The second kappa shape index (κ2) is 11.0. The molecule has 1 saturated heterocycles. The third kappa shape index (κ3) is 6.79. The molecule has 0 bridgehead atoms. The fourth-order valence-electron chi connectivity index (χ4n) is 4.20. The van der Waals surface area contributed by atoms with Crippen LogP contribution in [0.2, 0.25) is 0 Å². The molecule has 4 aromatic rings. The van der Waals surface area contributed by atoms with E-state index in [0.29, 0.717) is 48.1 Å². The first-order chi connectivity index (χ1) is 19.0. The van der Waals surface area contributed by atoms with Gasteiger partial charge in [0.1, 0.15) is 26.8 Å². The lowest BCUT2D eigenvalue weighted by atomic mass is 10.0. The van der Waals surface area contributed by atoms with Crippen molar-refractivity contribution in [2.75, 3.05) is 23.4 Å². The number of carbonyl (C=O) groups is 1. The number of sulfone groups is 1. The topological polar surface area (TPSA) is 142 Å². The standard InChI is InChI=1S/C28H29N7O4S/c1-28(2,3)39-27(36)35-24-7-5-19(16-21(24)18-32-35)4-6-22-8-12-29-25(33-22)23-9-13-30-26(34-23)31-17-20-10-14-40(37,38)15-11-20/h5,7-9,12-13,16,18,20H,10-11,14-15,17H2,1-3H3,(H,30,31,34).